The predicted molar refractivity (Wildman–Crippen MR) is 119 cm³/mol. The van der Waals surface area contributed by atoms with Crippen LogP contribution in [0.3, 0.4) is 0 Å². The van der Waals surface area contributed by atoms with Gasteiger partial charge in [-0.2, -0.15) is 0 Å². The van der Waals surface area contributed by atoms with Gasteiger partial charge in [-0.15, -0.1) is 0 Å². The molecule has 0 radical (unpaired) electrons. The Morgan fingerprint density at radius 2 is 1.84 bits per heavy atom. The fourth-order valence-corrected chi connectivity index (χ4v) is 3.82. The third-order valence-corrected chi connectivity index (χ3v) is 5.32. The topological polar surface area (TPSA) is 112 Å². The van der Waals surface area contributed by atoms with Gasteiger partial charge in [0, 0.05) is 12.3 Å². The standard InChI is InChI=1S/C22H15N3O6S/c1-30-18-12-14(9-10-17(18)31-20-16(25(28)29)8-5-11-23-20)13-19-21(26)24(22(27)32-19)15-6-3-2-4-7-15/h2-13H,1H3/b19-13+. The van der Waals surface area contributed by atoms with E-state index in [-0.39, 0.29) is 33.2 Å². The first kappa shape index (κ1) is 21.1. The van der Waals surface area contributed by atoms with E-state index in [1.54, 1.807) is 54.6 Å². The molecule has 0 aliphatic carbocycles. The Labute approximate surface area is 186 Å². The predicted octanol–water partition coefficient (Wildman–Crippen LogP) is 5.03. The molecule has 0 bridgehead atoms. The number of hydrogen-bond acceptors (Lipinski definition) is 8. The number of imide groups is 1. The van der Waals surface area contributed by atoms with Crippen LogP contribution in [0, 0.1) is 10.1 Å². The van der Waals surface area contributed by atoms with Gasteiger partial charge < -0.3 is 9.47 Å². The Morgan fingerprint density at radius 1 is 1.06 bits per heavy atom. The van der Waals surface area contributed by atoms with Gasteiger partial charge in [0.15, 0.2) is 11.5 Å². The van der Waals surface area contributed by atoms with Gasteiger partial charge in [0.25, 0.3) is 17.0 Å². The molecule has 2 amide bonds. The molecule has 10 heteroatoms. The van der Waals surface area contributed by atoms with Crippen LogP contribution in [0.5, 0.6) is 17.4 Å². The summed E-state index contributed by atoms with van der Waals surface area (Å²) in [7, 11) is 1.42. The first-order valence-electron chi connectivity index (χ1n) is 9.26. The van der Waals surface area contributed by atoms with Crippen molar-refractivity contribution in [3.05, 3.63) is 87.4 Å². The summed E-state index contributed by atoms with van der Waals surface area (Å²) in [4.78, 5) is 41.0. The normalized spacial score (nSPS) is 14.7. The second-order valence-corrected chi connectivity index (χ2v) is 7.44. The number of hydrogen-bond donors (Lipinski definition) is 0. The van der Waals surface area contributed by atoms with Crippen LogP contribution in [0.1, 0.15) is 5.56 Å². The van der Waals surface area contributed by atoms with E-state index >= 15 is 0 Å². The van der Waals surface area contributed by atoms with Crippen molar-refractivity contribution in [1.82, 2.24) is 4.98 Å². The number of nitrogens with zero attached hydrogens (tertiary/aromatic N) is 3. The number of carbonyl (C=O) groups is 2. The molecule has 2 aromatic carbocycles. The van der Waals surface area contributed by atoms with Gasteiger partial charge in [0.2, 0.25) is 0 Å². The summed E-state index contributed by atoms with van der Waals surface area (Å²) in [5.41, 5.74) is 0.799. The van der Waals surface area contributed by atoms with E-state index in [4.69, 9.17) is 9.47 Å². The summed E-state index contributed by atoms with van der Waals surface area (Å²) >= 11 is 0.838. The molecule has 0 unspecified atom stereocenters. The summed E-state index contributed by atoms with van der Waals surface area (Å²) in [5.74, 6) is -0.105. The molecule has 1 aliphatic heterocycles. The number of para-hydroxylation sites is 1. The lowest BCUT2D eigenvalue weighted by molar-refractivity contribution is -0.386. The Bertz CT molecular complexity index is 1250. The quantitative estimate of drug-likeness (QED) is 0.293. The van der Waals surface area contributed by atoms with Gasteiger partial charge in [0.1, 0.15) is 0 Å². The molecule has 0 atom stereocenters. The maximum atomic E-state index is 12.8. The number of aromatic nitrogens is 1. The van der Waals surface area contributed by atoms with Crippen molar-refractivity contribution in [1.29, 1.82) is 0 Å². The largest absolute Gasteiger partial charge is 0.493 e. The third-order valence-electron chi connectivity index (χ3n) is 4.45. The lowest BCUT2D eigenvalue weighted by Gasteiger charge is -2.12. The summed E-state index contributed by atoms with van der Waals surface area (Å²) in [6.45, 7) is 0. The molecule has 0 spiro atoms. The minimum atomic E-state index is -0.591. The zero-order chi connectivity index (χ0) is 22.7. The van der Waals surface area contributed by atoms with E-state index in [0.717, 1.165) is 16.7 Å². The fourth-order valence-electron chi connectivity index (χ4n) is 2.98. The number of methoxy groups -OCH3 is 1. The highest BCUT2D eigenvalue weighted by Gasteiger charge is 2.36. The van der Waals surface area contributed by atoms with Gasteiger partial charge in [-0.1, -0.05) is 24.3 Å². The van der Waals surface area contributed by atoms with E-state index in [2.05, 4.69) is 4.98 Å². The number of nitro groups is 1. The monoisotopic (exact) mass is 449 g/mol. The third kappa shape index (κ3) is 4.16. The number of rotatable bonds is 6. The Hall–Kier alpha value is -4.18. The van der Waals surface area contributed by atoms with Crippen molar-refractivity contribution < 1.29 is 24.0 Å². The number of benzene rings is 2. The van der Waals surface area contributed by atoms with Crippen LogP contribution in [0.4, 0.5) is 16.2 Å². The van der Waals surface area contributed by atoms with Crippen molar-refractivity contribution in [3.63, 3.8) is 0 Å². The number of ether oxygens (including phenoxy) is 2. The minimum Gasteiger partial charge on any atom is -0.493 e. The molecule has 1 fully saturated rings. The molecule has 160 valence electrons. The molecule has 2 heterocycles. The number of amides is 2. The van der Waals surface area contributed by atoms with E-state index in [1.165, 1.54) is 25.4 Å². The Kier molecular flexibility index (Phi) is 5.86. The number of anilines is 1. The smallest absolute Gasteiger partial charge is 0.331 e. The number of pyridine rings is 1. The van der Waals surface area contributed by atoms with Crippen molar-refractivity contribution in [2.24, 2.45) is 0 Å². The first-order chi connectivity index (χ1) is 15.5. The van der Waals surface area contributed by atoms with Gasteiger partial charge in [0.05, 0.1) is 22.6 Å². The minimum absolute atomic E-state index is 0.174. The highest BCUT2D eigenvalue weighted by Crippen LogP contribution is 2.38. The highest BCUT2D eigenvalue weighted by atomic mass is 32.2. The van der Waals surface area contributed by atoms with Gasteiger partial charge in [-0.05, 0) is 53.7 Å². The maximum Gasteiger partial charge on any atom is 0.331 e. The van der Waals surface area contributed by atoms with Crippen molar-refractivity contribution in [2.75, 3.05) is 12.0 Å². The van der Waals surface area contributed by atoms with Crippen LogP contribution < -0.4 is 14.4 Å². The number of carbonyl (C=O) groups excluding carboxylic acids is 2. The molecule has 3 aromatic rings. The molecule has 0 N–H and O–H groups in total. The molecule has 4 rings (SSSR count). The van der Waals surface area contributed by atoms with Crippen LogP contribution in [-0.4, -0.2) is 28.2 Å². The van der Waals surface area contributed by atoms with Gasteiger partial charge >= 0.3 is 5.69 Å². The zero-order valence-electron chi connectivity index (χ0n) is 16.6. The van der Waals surface area contributed by atoms with Gasteiger partial charge in [-0.3, -0.25) is 19.7 Å². The van der Waals surface area contributed by atoms with E-state index < -0.39 is 10.8 Å². The molecule has 32 heavy (non-hydrogen) atoms. The van der Waals surface area contributed by atoms with Crippen LogP contribution >= 0.6 is 11.8 Å². The highest BCUT2D eigenvalue weighted by molar-refractivity contribution is 8.19. The van der Waals surface area contributed by atoms with Crippen LogP contribution in [-0.2, 0) is 4.79 Å². The SMILES string of the molecule is COc1cc(/C=C2/SC(=O)N(c3ccccc3)C2=O)ccc1Oc1ncccc1[N+](=O)[O-]. The van der Waals surface area contributed by atoms with E-state index in [1.807, 2.05) is 0 Å². The summed E-state index contributed by atoms with van der Waals surface area (Å²) < 4.78 is 10.9. The first-order valence-corrected chi connectivity index (χ1v) is 10.1. The molecule has 1 aromatic heterocycles. The fraction of sp³-hybridized carbons (Fsp3) is 0.0455. The molecular weight excluding hydrogens is 434 g/mol. The Balaban J connectivity index is 1.61. The van der Waals surface area contributed by atoms with Crippen LogP contribution in [0.25, 0.3) is 6.08 Å². The van der Waals surface area contributed by atoms with Crippen LogP contribution in [0.2, 0.25) is 0 Å². The van der Waals surface area contributed by atoms with Crippen molar-refractivity contribution in [3.8, 4) is 17.4 Å². The lowest BCUT2D eigenvalue weighted by atomic mass is 10.1. The van der Waals surface area contributed by atoms with Crippen molar-refractivity contribution >= 4 is 40.4 Å². The second kappa shape index (κ2) is 8.90. The average molecular weight is 449 g/mol. The average Bonchev–Trinajstić information content (AvgIpc) is 3.08. The molecule has 1 aliphatic rings. The van der Waals surface area contributed by atoms with Gasteiger partial charge in [-0.25, -0.2) is 9.88 Å². The molecule has 9 nitrogen and oxygen atoms in total. The molecule has 0 saturated carbocycles. The Morgan fingerprint density at radius 3 is 2.56 bits per heavy atom. The zero-order valence-corrected chi connectivity index (χ0v) is 17.4. The summed E-state index contributed by atoms with van der Waals surface area (Å²) in [6.07, 6.45) is 2.95. The number of thioether (sulfide) groups is 1. The summed E-state index contributed by atoms with van der Waals surface area (Å²) in [5, 5.41) is 10.8. The van der Waals surface area contributed by atoms with E-state index in [0.29, 0.717) is 11.3 Å². The maximum absolute atomic E-state index is 12.8. The lowest BCUT2D eigenvalue weighted by Crippen LogP contribution is -2.27. The summed E-state index contributed by atoms with van der Waals surface area (Å²) in [6, 6.07) is 16.2. The van der Waals surface area contributed by atoms with Crippen LogP contribution in [0.15, 0.2) is 71.8 Å². The molecule has 1 saturated heterocycles. The van der Waals surface area contributed by atoms with Crippen molar-refractivity contribution in [2.45, 2.75) is 0 Å². The van der Waals surface area contributed by atoms with E-state index in [9.17, 15) is 19.7 Å². The molecular formula is C22H15N3O6S. The second-order valence-electron chi connectivity index (χ2n) is 6.45.